The molecule has 3 heterocycles. The number of hydrogen-bond acceptors (Lipinski definition) is 5. The number of likely N-dealkylation sites (tertiary alicyclic amines) is 1. The average molecular weight is 400 g/mol. The second kappa shape index (κ2) is 7.76. The van der Waals surface area contributed by atoms with E-state index in [-0.39, 0.29) is 35.7 Å². The smallest absolute Gasteiger partial charge is 0.253 e. The van der Waals surface area contributed by atoms with Crippen LogP contribution in [0, 0.1) is 0 Å². The molecule has 4 rings (SSSR count). The van der Waals surface area contributed by atoms with Crippen molar-refractivity contribution in [3.8, 4) is 0 Å². The van der Waals surface area contributed by atoms with E-state index in [4.69, 9.17) is 0 Å². The molecule has 0 aliphatic carbocycles. The summed E-state index contributed by atoms with van der Waals surface area (Å²) in [5, 5.41) is 12.9. The van der Waals surface area contributed by atoms with Crippen molar-refractivity contribution in [1.29, 1.82) is 0 Å². The SMILES string of the molecule is CC(=O)NCCC(=O)N1CC2CC(O)CN2C2(C1)CN(C(=O)c1ccccc1)C2. The maximum absolute atomic E-state index is 12.8. The third-order valence-corrected chi connectivity index (χ3v) is 6.26. The first-order chi connectivity index (χ1) is 13.9. The fraction of sp³-hybridized carbons (Fsp3) is 0.571. The molecule has 0 saturated carbocycles. The van der Waals surface area contributed by atoms with Crippen molar-refractivity contribution in [3.05, 3.63) is 35.9 Å². The van der Waals surface area contributed by atoms with Crippen molar-refractivity contribution in [1.82, 2.24) is 20.0 Å². The molecule has 1 aromatic carbocycles. The molecule has 0 bridgehead atoms. The van der Waals surface area contributed by atoms with Crippen LogP contribution in [0.2, 0.25) is 0 Å². The number of rotatable bonds is 4. The molecule has 3 amide bonds. The van der Waals surface area contributed by atoms with Gasteiger partial charge in [-0.1, -0.05) is 18.2 Å². The van der Waals surface area contributed by atoms with Gasteiger partial charge in [0.05, 0.1) is 11.6 Å². The van der Waals surface area contributed by atoms with Crippen LogP contribution in [0.5, 0.6) is 0 Å². The predicted octanol–water partition coefficient (Wildman–Crippen LogP) is -0.315. The van der Waals surface area contributed by atoms with Crippen LogP contribution in [0.3, 0.4) is 0 Å². The van der Waals surface area contributed by atoms with E-state index in [1.54, 1.807) is 0 Å². The van der Waals surface area contributed by atoms with Crippen molar-refractivity contribution in [3.63, 3.8) is 0 Å². The molecule has 0 radical (unpaired) electrons. The van der Waals surface area contributed by atoms with Crippen LogP contribution < -0.4 is 5.32 Å². The van der Waals surface area contributed by atoms with Gasteiger partial charge >= 0.3 is 0 Å². The molecule has 156 valence electrons. The summed E-state index contributed by atoms with van der Waals surface area (Å²) in [6.07, 6.45) is 0.506. The number of piperazine rings is 1. The van der Waals surface area contributed by atoms with E-state index in [2.05, 4.69) is 10.2 Å². The molecule has 2 unspecified atom stereocenters. The van der Waals surface area contributed by atoms with E-state index < -0.39 is 6.10 Å². The quantitative estimate of drug-likeness (QED) is 0.723. The number of nitrogens with zero attached hydrogens (tertiary/aromatic N) is 3. The Balaban J connectivity index is 1.44. The maximum atomic E-state index is 12.8. The molecule has 8 heteroatoms. The van der Waals surface area contributed by atoms with E-state index in [1.807, 2.05) is 40.1 Å². The average Bonchev–Trinajstić information content (AvgIpc) is 3.05. The lowest BCUT2D eigenvalue weighted by Gasteiger charge is -2.60. The Labute approximate surface area is 170 Å². The maximum Gasteiger partial charge on any atom is 0.253 e. The molecule has 2 N–H and O–H groups in total. The Bertz CT molecular complexity index is 793. The Morgan fingerprint density at radius 3 is 2.48 bits per heavy atom. The van der Waals surface area contributed by atoms with Gasteiger partial charge in [-0.3, -0.25) is 19.3 Å². The number of carbonyl (C=O) groups is 3. The van der Waals surface area contributed by atoms with Gasteiger partial charge in [0.1, 0.15) is 0 Å². The summed E-state index contributed by atoms with van der Waals surface area (Å²) < 4.78 is 0. The van der Waals surface area contributed by atoms with Crippen molar-refractivity contribution in [2.24, 2.45) is 0 Å². The van der Waals surface area contributed by atoms with Gasteiger partial charge in [0.15, 0.2) is 0 Å². The lowest BCUT2D eigenvalue weighted by Crippen LogP contribution is -2.79. The molecule has 3 aliphatic heterocycles. The Morgan fingerprint density at radius 2 is 1.79 bits per heavy atom. The second-order valence-electron chi connectivity index (χ2n) is 8.45. The largest absolute Gasteiger partial charge is 0.392 e. The van der Waals surface area contributed by atoms with E-state index in [9.17, 15) is 19.5 Å². The molecule has 1 aromatic rings. The lowest BCUT2D eigenvalue weighted by molar-refractivity contribution is -0.146. The summed E-state index contributed by atoms with van der Waals surface area (Å²) in [6.45, 7) is 4.60. The third kappa shape index (κ3) is 3.86. The standard InChI is InChI=1S/C21H28N4O4/c1-15(26)22-8-7-19(28)23-10-17-9-18(27)11-25(17)21(12-23)13-24(14-21)20(29)16-5-3-2-4-6-16/h2-6,17-18,27H,7-14H2,1H3,(H,22,26). The molecule has 0 aromatic heterocycles. The first-order valence-corrected chi connectivity index (χ1v) is 10.2. The van der Waals surface area contributed by atoms with E-state index in [0.29, 0.717) is 51.3 Å². The van der Waals surface area contributed by atoms with Crippen LogP contribution in [-0.2, 0) is 9.59 Å². The highest BCUT2D eigenvalue weighted by Crippen LogP contribution is 2.39. The van der Waals surface area contributed by atoms with E-state index in [0.717, 1.165) is 0 Å². The minimum absolute atomic E-state index is 0.00151. The number of hydrogen-bond donors (Lipinski definition) is 2. The zero-order chi connectivity index (χ0) is 20.6. The number of β-amino-alcohol motifs (C(OH)–C–C–N with tert-alkyl or cyclic N) is 1. The van der Waals surface area contributed by atoms with Gasteiger partial charge in [-0.25, -0.2) is 0 Å². The highest BCUT2D eigenvalue weighted by atomic mass is 16.3. The fourth-order valence-corrected chi connectivity index (χ4v) is 4.96. The first kappa shape index (κ1) is 19.8. The molecule has 3 fully saturated rings. The highest BCUT2D eigenvalue weighted by Gasteiger charge is 2.57. The highest BCUT2D eigenvalue weighted by molar-refractivity contribution is 5.95. The van der Waals surface area contributed by atoms with Gasteiger partial charge in [-0.2, -0.15) is 0 Å². The Hall–Kier alpha value is -2.45. The molecule has 3 aliphatic rings. The normalized spacial score (nSPS) is 25.4. The Kier molecular flexibility index (Phi) is 5.31. The van der Waals surface area contributed by atoms with Crippen LogP contribution in [0.25, 0.3) is 0 Å². The van der Waals surface area contributed by atoms with Gasteiger partial charge in [-0.05, 0) is 18.6 Å². The second-order valence-corrected chi connectivity index (χ2v) is 8.45. The first-order valence-electron chi connectivity index (χ1n) is 10.2. The molecule has 2 atom stereocenters. The van der Waals surface area contributed by atoms with E-state index in [1.165, 1.54) is 6.92 Å². The zero-order valence-electron chi connectivity index (χ0n) is 16.7. The predicted molar refractivity (Wildman–Crippen MR) is 106 cm³/mol. The van der Waals surface area contributed by atoms with Gasteiger partial charge in [0.25, 0.3) is 5.91 Å². The molecule has 8 nitrogen and oxygen atoms in total. The molecular formula is C21H28N4O4. The fourth-order valence-electron chi connectivity index (χ4n) is 4.96. The molecule has 29 heavy (non-hydrogen) atoms. The molecular weight excluding hydrogens is 372 g/mol. The van der Waals surface area contributed by atoms with Gasteiger partial charge in [-0.15, -0.1) is 0 Å². The summed E-state index contributed by atoms with van der Waals surface area (Å²) in [5.41, 5.74) is 0.369. The Morgan fingerprint density at radius 1 is 1.10 bits per heavy atom. The third-order valence-electron chi connectivity index (χ3n) is 6.26. The van der Waals surface area contributed by atoms with Crippen LogP contribution in [0.1, 0.15) is 30.1 Å². The van der Waals surface area contributed by atoms with Crippen molar-refractivity contribution in [2.45, 2.75) is 37.5 Å². The minimum Gasteiger partial charge on any atom is -0.392 e. The zero-order valence-corrected chi connectivity index (χ0v) is 16.7. The number of carbonyl (C=O) groups excluding carboxylic acids is 3. The minimum atomic E-state index is -0.398. The number of amides is 3. The number of aliphatic hydroxyl groups is 1. The summed E-state index contributed by atoms with van der Waals surface area (Å²) in [4.78, 5) is 42.5. The topological polar surface area (TPSA) is 93.2 Å². The summed E-state index contributed by atoms with van der Waals surface area (Å²) >= 11 is 0. The number of fused-ring (bicyclic) bond motifs is 2. The van der Waals surface area contributed by atoms with Crippen LogP contribution in [0.4, 0.5) is 0 Å². The van der Waals surface area contributed by atoms with Gasteiger partial charge in [0, 0.05) is 64.2 Å². The number of benzene rings is 1. The van der Waals surface area contributed by atoms with Crippen LogP contribution in [-0.4, -0.2) is 94.5 Å². The summed E-state index contributed by atoms with van der Waals surface area (Å²) in [6, 6.07) is 9.33. The summed E-state index contributed by atoms with van der Waals surface area (Å²) in [7, 11) is 0. The lowest BCUT2D eigenvalue weighted by atomic mass is 9.83. The van der Waals surface area contributed by atoms with Crippen molar-refractivity contribution >= 4 is 17.7 Å². The summed E-state index contributed by atoms with van der Waals surface area (Å²) in [5.74, 6) is -0.138. The van der Waals surface area contributed by atoms with Crippen molar-refractivity contribution in [2.75, 3.05) is 39.3 Å². The van der Waals surface area contributed by atoms with Crippen LogP contribution >= 0.6 is 0 Å². The number of aliphatic hydroxyl groups excluding tert-OH is 1. The van der Waals surface area contributed by atoms with E-state index >= 15 is 0 Å². The molecule has 3 saturated heterocycles. The van der Waals surface area contributed by atoms with Crippen molar-refractivity contribution < 1.29 is 19.5 Å². The molecule has 1 spiro atoms. The van der Waals surface area contributed by atoms with Gasteiger partial charge in [0.2, 0.25) is 11.8 Å². The van der Waals surface area contributed by atoms with Crippen LogP contribution in [0.15, 0.2) is 30.3 Å². The van der Waals surface area contributed by atoms with Gasteiger partial charge < -0.3 is 20.2 Å². The monoisotopic (exact) mass is 400 g/mol. The number of nitrogens with one attached hydrogen (secondary N) is 1.